The molecule has 1 aromatic carbocycles. The number of rotatable bonds is 8. The fraction of sp³-hybridized carbons (Fsp3) is 0.320. The first kappa shape index (κ1) is 22.0. The molecule has 3 aromatic rings. The number of aliphatic carboxylic acids is 1. The number of pyridine rings is 1. The van der Waals surface area contributed by atoms with Crippen LogP contribution in [0.15, 0.2) is 48.9 Å². The number of nitrogens with zero attached hydrogens (tertiary/aromatic N) is 3. The molecule has 0 saturated carbocycles. The number of hydrogen-bond donors (Lipinski definition) is 3. The van der Waals surface area contributed by atoms with E-state index in [0.29, 0.717) is 29.4 Å². The van der Waals surface area contributed by atoms with E-state index in [-0.39, 0.29) is 19.1 Å². The molecule has 0 saturated heterocycles. The summed E-state index contributed by atoms with van der Waals surface area (Å²) >= 11 is 0. The Kier molecular flexibility index (Phi) is 6.18. The highest BCUT2D eigenvalue weighted by atomic mass is 16.7. The van der Waals surface area contributed by atoms with Crippen LogP contribution < -0.4 is 14.8 Å². The van der Waals surface area contributed by atoms with Crippen LogP contribution in [0.5, 0.6) is 11.5 Å². The van der Waals surface area contributed by atoms with Crippen LogP contribution in [0.25, 0.3) is 6.08 Å². The Balaban J connectivity index is 1.27. The summed E-state index contributed by atoms with van der Waals surface area (Å²) in [6.07, 6.45) is 8.07. The van der Waals surface area contributed by atoms with Gasteiger partial charge in [0.1, 0.15) is 11.9 Å². The Morgan fingerprint density at radius 2 is 2.12 bits per heavy atom. The summed E-state index contributed by atoms with van der Waals surface area (Å²) in [7, 11) is 0. The fourth-order valence-corrected chi connectivity index (χ4v) is 4.28. The average Bonchev–Trinajstić information content (AvgIpc) is 3.50. The summed E-state index contributed by atoms with van der Waals surface area (Å²) in [4.78, 5) is 20.4. The second kappa shape index (κ2) is 9.56. The largest absolute Gasteiger partial charge is 0.481 e. The standard InChI is InChI=1S/C25H26N4O5/c30-21(20-6-3-16-2-1-9-26-25(16)28-20)7-5-19-13-29(14-27-19)12-18(11-24(31)32)17-4-8-22-23(10-17)34-15-33-22/h3-8,10,13-14,18,21,30H,1-2,9,11-12,15H2,(H,26,28)(H,31,32). The first-order valence-corrected chi connectivity index (χ1v) is 11.3. The molecule has 0 aliphatic carbocycles. The predicted octanol–water partition coefficient (Wildman–Crippen LogP) is 3.37. The van der Waals surface area contributed by atoms with E-state index in [1.165, 1.54) is 5.56 Å². The Morgan fingerprint density at radius 1 is 1.24 bits per heavy atom. The van der Waals surface area contributed by atoms with Gasteiger partial charge in [-0.3, -0.25) is 4.79 Å². The molecule has 0 amide bonds. The van der Waals surface area contributed by atoms with Crippen LogP contribution in [0, 0.1) is 0 Å². The van der Waals surface area contributed by atoms with Crippen molar-refractivity contribution in [1.82, 2.24) is 14.5 Å². The summed E-state index contributed by atoms with van der Waals surface area (Å²) < 4.78 is 12.6. The molecular weight excluding hydrogens is 436 g/mol. The number of ether oxygens (including phenoxy) is 2. The second-order valence-corrected chi connectivity index (χ2v) is 8.48. The molecular formula is C25H26N4O5. The van der Waals surface area contributed by atoms with E-state index >= 15 is 0 Å². The summed E-state index contributed by atoms with van der Waals surface area (Å²) in [5, 5.41) is 23.3. The Labute approximate surface area is 196 Å². The summed E-state index contributed by atoms with van der Waals surface area (Å²) in [5.41, 5.74) is 3.27. The van der Waals surface area contributed by atoms with Gasteiger partial charge in [-0.1, -0.05) is 12.1 Å². The Hall–Kier alpha value is -3.85. The number of aromatic nitrogens is 3. The third-order valence-corrected chi connectivity index (χ3v) is 6.04. The molecule has 2 unspecified atom stereocenters. The van der Waals surface area contributed by atoms with Crippen LogP contribution >= 0.6 is 0 Å². The number of aliphatic hydroxyl groups excluding tert-OH is 1. The zero-order valence-electron chi connectivity index (χ0n) is 18.6. The van der Waals surface area contributed by atoms with Gasteiger partial charge >= 0.3 is 5.97 Å². The van der Waals surface area contributed by atoms with E-state index < -0.39 is 12.1 Å². The number of benzene rings is 1. The van der Waals surface area contributed by atoms with Gasteiger partial charge in [-0.05, 0) is 54.3 Å². The number of imidazole rings is 1. The third kappa shape index (κ3) is 4.89. The maximum Gasteiger partial charge on any atom is 0.304 e. The highest BCUT2D eigenvalue weighted by molar-refractivity contribution is 5.68. The molecule has 2 atom stereocenters. The lowest BCUT2D eigenvalue weighted by atomic mass is 9.95. The lowest BCUT2D eigenvalue weighted by molar-refractivity contribution is -0.137. The van der Waals surface area contributed by atoms with E-state index in [2.05, 4.69) is 15.3 Å². The summed E-state index contributed by atoms with van der Waals surface area (Å²) in [6.45, 7) is 1.50. The van der Waals surface area contributed by atoms with Crippen molar-refractivity contribution in [2.45, 2.75) is 37.8 Å². The van der Waals surface area contributed by atoms with Crippen molar-refractivity contribution in [3.05, 3.63) is 71.4 Å². The highest BCUT2D eigenvalue weighted by Gasteiger charge is 2.21. The molecule has 0 bridgehead atoms. The van der Waals surface area contributed by atoms with Gasteiger partial charge in [-0.25, -0.2) is 9.97 Å². The summed E-state index contributed by atoms with van der Waals surface area (Å²) in [6, 6.07) is 9.37. The van der Waals surface area contributed by atoms with Gasteiger partial charge in [-0.15, -0.1) is 0 Å². The number of hydrogen-bond acceptors (Lipinski definition) is 7. The smallest absolute Gasteiger partial charge is 0.304 e. The third-order valence-electron chi connectivity index (χ3n) is 6.04. The quantitative estimate of drug-likeness (QED) is 0.466. The molecule has 9 heteroatoms. The van der Waals surface area contributed by atoms with Crippen molar-refractivity contribution >= 4 is 17.9 Å². The van der Waals surface area contributed by atoms with Crippen molar-refractivity contribution in [1.29, 1.82) is 0 Å². The van der Waals surface area contributed by atoms with Crippen LogP contribution in [0.4, 0.5) is 5.82 Å². The number of fused-ring (bicyclic) bond motifs is 2. The van der Waals surface area contributed by atoms with Gasteiger partial charge in [-0.2, -0.15) is 0 Å². The number of carboxylic acid groups (broad SMARTS) is 1. The number of anilines is 1. The minimum atomic E-state index is -0.877. The number of aryl methyl sites for hydroxylation is 1. The minimum Gasteiger partial charge on any atom is -0.481 e. The van der Waals surface area contributed by atoms with Crippen molar-refractivity contribution in [2.75, 3.05) is 18.7 Å². The molecule has 5 rings (SSSR count). The molecule has 2 aliphatic rings. The molecule has 4 heterocycles. The van der Waals surface area contributed by atoms with Gasteiger partial charge in [0.2, 0.25) is 6.79 Å². The molecule has 176 valence electrons. The second-order valence-electron chi connectivity index (χ2n) is 8.48. The van der Waals surface area contributed by atoms with Crippen LogP contribution in [0.3, 0.4) is 0 Å². The monoisotopic (exact) mass is 462 g/mol. The lowest BCUT2D eigenvalue weighted by Crippen LogP contribution is -2.14. The molecule has 0 radical (unpaired) electrons. The Bertz CT molecular complexity index is 1220. The SMILES string of the molecule is O=C(O)CC(Cn1cnc(C=CC(O)c2ccc3c(n2)NCCC3)c1)c1ccc2c(c1)OCO2. The van der Waals surface area contributed by atoms with Crippen LogP contribution in [-0.4, -0.2) is 44.1 Å². The molecule has 34 heavy (non-hydrogen) atoms. The number of carbonyl (C=O) groups is 1. The maximum absolute atomic E-state index is 11.5. The van der Waals surface area contributed by atoms with E-state index in [1.54, 1.807) is 24.5 Å². The number of aliphatic hydroxyl groups is 1. The van der Waals surface area contributed by atoms with Crippen molar-refractivity contribution < 1.29 is 24.5 Å². The molecule has 0 spiro atoms. The van der Waals surface area contributed by atoms with Crippen molar-refractivity contribution in [3.8, 4) is 11.5 Å². The van der Waals surface area contributed by atoms with Gasteiger partial charge in [0.25, 0.3) is 0 Å². The first-order valence-electron chi connectivity index (χ1n) is 11.3. The van der Waals surface area contributed by atoms with E-state index in [0.717, 1.165) is 30.8 Å². The van der Waals surface area contributed by atoms with Crippen molar-refractivity contribution in [2.24, 2.45) is 0 Å². The van der Waals surface area contributed by atoms with Gasteiger partial charge in [0.05, 0.1) is 24.1 Å². The molecule has 3 N–H and O–H groups in total. The minimum absolute atomic E-state index is 0.0280. The van der Waals surface area contributed by atoms with Gasteiger partial charge < -0.3 is 29.6 Å². The molecule has 0 fully saturated rings. The van der Waals surface area contributed by atoms with Crippen LogP contribution in [0.2, 0.25) is 0 Å². The predicted molar refractivity (Wildman–Crippen MR) is 125 cm³/mol. The zero-order chi connectivity index (χ0) is 23.5. The number of carboxylic acids is 1. The fourth-order valence-electron chi connectivity index (χ4n) is 4.28. The molecule has 2 aromatic heterocycles. The van der Waals surface area contributed by atoms with Crippen molar-refractivity contribution in [3.63, 3.8) is 0 Å². The van der Waals surface area contributed by atoms with E-state index in [4.69, 9.17) is 9.47 Å². The highest BCUT2D eigenvalue weighted by Crippen LogP contribution is 2.36. The summed E-state index contributed by atoms with van der Waals surface area (Å²) in [5.74, 6) is 0.986. The van der Waals surface area contributed by atoms with E-state index in [1.807, 2.05) is 35.0 Å². The molecule has 9 nitrogen and oxygen atoms in total. The van der Waals surface area contributed by atoms with Gasteiger partial charge in [0.15, 0.2) is 11.5 Å². The van der Waals surface area contributed by atoms with Crippen LogP contribution in [-0.2, 0) is 17.8 Å². The molecule has 2 aliphatic heterocycles. The normalized spacial score (nSPS) is 16.1. The topological polar surface area (TPSA) is 119 Å². The first-order chi connectivity index (χ1) is 16.5. The lowest BCUT2D eigenvalue weighted by Gasteiger charge is -2.18. The Morgan fingerprint density at radius 3 is 3.00 bits per heavy atom. The van der Waals surface area contributed by atoms with E-state index in [9.17, 15) is 15.0 Å². The van der Waals surface area contributed by atoms with Gasteiger partial charge in [0, 0.05) is 25.2 Å². The zero-order valence-corrected chi connectivity index (χ0v) is 18.6. The number of nitrogens with one attached hydrogen (secondary N) is 1. The average molecular weight is 463 g/mol. The maximum atomic E-state index is 11.5. The van der Waals surface area contributed by atoms with Crippen LogP contribution in [0.1, 0.15) is 47.4 Å².